The van der Waals surface area contributed by atoms with E-state index in [1.807, 2.05) is 16.8 Å². The van der Waals surface area contributed by atoms with E-state index in [2.05, 4.69) is 5.32 Å². The van der Waals surface area contributed by atoms with E-state index in [0.29, 0.717) is 19.5 Å². The largest absolute Gasteiger partial charge is 0.342 e. The van der Waals surface area contributed by atoms with Crippen molar-refractivity contribution in [2.24, 2.45) is 0 Å². The molecule has 2 amide bonds. The van der Waals surface area contributed by atoms with Gasteiger partial charge in [0.1, 0.15) is 5.54 Å². The number of nitrogens with zero attached hydrogens (tertiary/aromatic N) is 1. The fourth-order valence-electron chi connectivity index (χ4n) is 1.95. The van der Waals surface area contributed by atoms with E-state index in [4.69, 9.17) is 0 Å². The second-order valence-electron chi connectivity index (χ2n) is 4.78. The maximum atomic E-state index is 12.3. The summed E-state index contributed by atoms with van der Waals surface area (Å²) in [4.78, 5) is 25.5. The summed E-state index contributed by atoms with van der Waals surface area (Å²) in [6.07, 6.45) is 0.374. The first-order valence-corrected chi connectivity index (χ1v) is 6.55. The van der Waals surface area contributed by atoms with Crippen molar-refractivity contribution in [2.75, 3.05) is 6.54 Å². The van der Waals surface area contributed by atoms with Crippen LogP contribution in [0.15, 0.2) is 16.8 Å². The lowest BCUT2D eigenvalue weighted by molar-refractivity contribution is -0.137. The molecule has 0 unspecified atom stereocenters. The van der Waals surface area contributed by atoms with Crippen molar-refractivity contribution in [1.29, 1.82) is 0 Å². The van der Waals surface area contributed by atoms with E-state index in [0.717, 1.165) is 5.56 Å². The number of carbonyl (C=O) groups is 2. The summed E-state index contributed by atoms with van der Waals surface area (Å²) in [7, 11) is 0. The van der Waals surface area contributed by atoms with Crippen molar-refractivity contribution >= 4 is 23.2 Å². The van der Waals surface area contributed by atoms with Crippen LogP contribution in [0.3, 0.4) is 0 Å². The van der Waals surface area contributed by atoms with Crippen LogP contribution in [0, 0.1) is 0 Å². The van der Waals surface area contributed by atoms with Crippen LogP contribution in [-0.4, -0.2) is 28.8 Å². The Morgan fingerprint density at radius 1 is 1.47 bits per heavy atom. The molecule has 0 atom stereocenters. The lowest BCUT2D eigenvalue weighted by Crippen LogP contribution is -2.52. The Bertz CT molecular complexity index is 426. The van der Waals surface area contributed by atoms with Gasteiger partial charge in [-0.05, 0) is 36.2 Å². The highest BCUT2D eigenvalue weighted by Gasteiger charge is 2.36. The van der Waals surface area contributed by atoms with Crippen molar-refractivity contribution < 1.29 is 9.59 Å². The second-order valence-corrected chi connectivity index (χ2v) is 5.56. The van der Waals surface area contributed by atoms with Crippen molar-refractivity contribution in [1.82, 2.24) is 10.2 Å². The van der Waals surface area contributed by atoms with E-state index in [9.17, 15) is 9.59 Å². The van der Waals surface area contributed by atoms with E-state index in [-0.39, 0.29) is 11.8 Å². The van der Waals surface area contributed by atoms with E-state index < -0.39 is 5.54 Å². The minimum absolute atomic E-state index is 0.0189. The number of carbonyl (C=O) groups excluding carboxylic acids is 2. The van der Waals surface area contributed by atoms with Crippen LogP contribution in [0.5, 0.6) is 0 Å². The summed E-state index contributed by atoms with van der Waals surface area (Å²) in [6, 6.07) is 2.01. The van der Waals surface area contributed by atoms with Crippen LogP contribution in [0.4, 0.5) is 0 Å². The van der Waals surface area contributed by atoms with Gasteiger partial charge in [0, 0.05) is 19.5 Å². The van der Waals surface area contributed by atoms with Gasteiger partial charge in [-0.15, -0.1) is 0 Å². The van der Waals surface area contributed by atoms with E-state index >= 15 is 0 Å². The van der Waals surface area contributed by atoms with Gasteiger partial charge in [0.05, 0.1) is 0 Å². The minimum atomic E-state index is -0.802. The highest BCUT2D eigenvalue weighted by molar-refractivity contribution is 7.07. The van der Waals surface area contributed by atoms with Crippen LogP contribution < -0.4 is 5.32 Å². The summed E-state index contributed by atoms with van der Waals surface area (Å²) in [5.74, 6) is -0.0780. The molecule has 4 nitrogen and oxygen atoms in total. The zero-order valence-electron chi connectivity index (χ0n) is 10.0. The number of amides is 2. The Balaban J connectivity index is 2.16. The van der Waals surface area contributed by atoms with Crippen LogP contribution >= 0.6 is 11.3 Å². The van der Waals surface area contributed by atoms with Crippen molar-refractivity contribution in [3.05, 3.63) is 22.4 Å². The zero-order chi connectivity index (χ0) is 12.5. The molecule has 1 aromatic heterocycles. The molecule has 17 heavy (non-hydrogen) atoms. The number of hydrogen-bond acceptors (Lipinski definition) is 3. The Labute approximate surface area is 105 Å². The van der Waals surface area contributed by atoms with Crippen molar-refractivity contribution in [3.63, 3.8) is 0 Å². The number of thiophene rings is 1. The number of hydrogen-bond donors (Lipinski definition) is 1. The smallest absolute Gasteiger partial charge is 0.248 e. The Morgan fingerprint density at radius 2 is 2.24 bits per heavy atom. The fraction of sp³-hybridized carbons (Fsp3) is 0.500. The number of rotatable bonds is 2. The lowest BCUT2D eigenvalue weighted by atomic mass is 10.0. The van der Waals surface area contributed by atoms with Gasteiger partial charge in [-0.2, -0.15) is 11.3 Å². The van der Waals surface area contributed by atoms with Gasteiger partial charge in [0.2, 0.25) is 11.8 Å². The van der Waals surface area contributed by atoms with Gasteiger partial charge in [-0.25, -0.2) is 0 Å². The monoisotopic (exact) mass is 252 g/mol. The van der Waals surface area contributed by atoms with Crippen LogP contribution in [0.1, 0.15) is 25.8 Å². The van der Waals surface area contributed by atoms with Gasteiger partial charge in [-0.1, -0.05) is 0 Å². The Hall–Kier alpha value is -1.36. The molecular formula is C12H16N2O2S. The Kier molecular flexibility index (Phi) is 3.19. The first-order chi connectivity index (χ1) is 7.99. The molecule has 0 bridgehead atoms. The third-order valence-electron chi connectivity index (χ3n) is 2.84. The van der Waals surface area contributed by atoms with E-state index in [1.165, 1.54) is 0 Å². The van der Waals surface area contributed by atoms with E-state index in [1.54, 1.807) is 30.1 Å². The van der Waals surface area contributed by atoms with Crippen molar-refractivity contribution in [3.8, 4) is 0 Å². The molecule has 0 radical (unpaired) electrons. The maximum Gasteiger partial charge on any atom is 0.248 e. The molecule has 1 aliphatic rings. The molecule has 1 N–H and O–H groups in total. The molecule has 1 aliphatic heterocycles. The first-order valence-electron chi connectivity index (χ1n) is 5.60. The fourth-order valence-corrected chi connectivity index (χ4v) is 2.61. The van der Waals surface area contributed by atoms with Gasteiger partial charge < -0.3 is 10.2 Å². The highest BCUT2D eigenvalue weighted by atomic mass is 32.1. The molecule has 1 aromatic rings. The third-order valence-corrected chi connectivity index (χ3v) is 3.57. The molecule has 2 rings (SSSR count). The molecular weight excluding hydrogens is 236 g/mol. The molecule has 1 fully saturated rings. The van der Waals surface area contributed by atoms with Gasteiger partial charge in [0.15, 0.2) is 0 Å². The van der Waals surface area contributed by atoms with Crippen LogP contribution in [0.2, 0.25) is 0 Å². The summed E-state index contributed by atoms with van der Waals surface area (Å²) >= 11 is 1.61. The highest BCUT2D eigenvalue weighted by Crippen LogP contribution is 2.17. The van der Waals surface area contributed by atoms with Crippen LogP contribution in [0.25, 0.3) is 0 Å². The van der Waals surface area contributed by atoms with Gasteiger partial charge in [-0.3, -0.25) is 9.59 Å². The summed E-state index contributed by atoms with van der Waals surface area (Å²) in [6.45, 7) is 4.57. The lowest BCUT2D eigenvalue weighted by Gasteiger charge is -2.28. The molecule has 0 aliphatic carbocycles. The topological polar surface area (TPSA) is 49.4 Å². The standard InChI is InChI=1S/C12H16N2O2S/c1-12(2)11(16)14(5-3-10(15)13-12)7-9-4-6-17-8-9/h4,6,8H,3,5,7H2,1-2H3,(H,13,15). The quantitative estimate of drug-likeness (QED) is 0.864. The average Bonchev–Trinajstić information content (AvgIpc) is 2.71. The summed E-state index contributed by atoms with van der Waals surface area (Å²) in [5, 5.41) is 6.77. The molecule has 0 saturated carbocycles. The third kappa shape index (κ3) is 2.66. The molecule has 2 heterocycles. The predicted molar refractivity (Wildman–Crippen MR) is 66.6 cm³/mol. The SMILES string of the molecule is CC1(C)NC(=O)CCN(Cc2ccsc2)C1=O. The first kappa shape index (κ1) is 12.1. The van der Waals surface area contributed by atoms with Crippen LogP contribution in [-0.2, 0) is 16.1 Å². The van der Waals surface area contributed by atoms with Gasteiger partial charge >= 0.3 is 0 Å². The molecule has 0 spiro atoms. The predicted octanol–water partition coefficient (Wildman–Crippen LogP) is 1.38. The second kappa shape index (κ2) is 4.49. The summed E-state index contributed by atoms with van der Waals surface area (Å²) in [5.41, 5.74) is 0.317. The summed E-state index contributed by atoms with van der Waals surface area (Å²) < 4.78 is 0. The Morgan fingerprint density at radius 3 is 2.88 bits per heavy atom. The van der Waals surface area contributed by atoms with Crippen molar-refractivity contribution in [2.45, 2.75) is 32.4 Å². The average molecular weight is 252 g/mol. The molecule has 92 valence electrons. The minimum Gasteiger partial charge on any atom is -0.342 e. The normalized spacial score (nSPS) is 20.0. The maximum absolute atomic E-state index is 12.3. The number of nitrogens with one attached hydrogen (secondary N) is 1. The molecule has 5 heteroatoms. The molecule has 0 aromatic carbocycles. The van der Waals surface area contributed by atoms with Gasteiger partial charge in [0.25, 0.3) is 0 Å². The zero-order valence-corrected chi connectivity index (χ0v) is 10.8. The molecule has 1 saturated heterocycles.